The third-order valence-electron chi connectivity index (χ3n) is 4.51. The van der Waals surface area contributed by atoms with Crippen LogP contribution in [0.2, 0.25) is 0 Å². The van der Waals surface area contributed by atoms with Crippen molar-refractivity contribution < 1.29 is 14.3 Å². The summed E-state index contributed by atoms with van der Waals surface area (Å²) >= 11 is 0. The molecule has 3 rings (SSSR count). The van der Waals surface area contributed by atoms with Crippen LogP contribution in [0, 0.1) is 0 Å². The zero-order valence-electron chi connectivity index (χ0n) is 12.6. The van der Waals surface area contributed by atoms with E-state index in [1.54, 1.807) is 7.11 Å². The van der Waals surface area contributed by atoms with Gasteiger partial charge >= 0.3 is 5.97 Å². The Bertz CT molecular complexity index is 515. The predicted molar refractivity (Wildman–Crippen MR) is 80.3 cm³/mol. The molecule has 0 spiro atoms. The van der Waals surface area contributed by atoms with E-state index in [0.717, 1.165) is 45.2 Å². The van der Waals surface area contributed by atoms with Crippen molar-refractivity contribution in [1.82, 2.24) is 5.32 Å². The average Bonchev–Trinajstić information content (AvgIpc) is 2.54. The van der Waals surface area contributed by atoms with Gasteiger partial charge in [-0.05, 0) is 55.5 Å². The summed E-state index contributed by atoms with van der Waals surface area (Å²) in [5.74, 6) is -0.204. The van der Waals surface area contributed by atoms with Gasteiger partial charge in [0.15, 0.2) is 0 Å². The lowest BCUT2D eigenvalue weighted by atomic mass is 9.94. The zero-order chi connectivity index (χ0) is 14.7. The van der Waals surface area contributed by atoms with Gasteiger partial charge in [0.25, 0.3) is 0 Å². The summed E-state index contributed by atoms with van der Waals surface area (Å²) in [5.41, 5.74) is 3.22. The van der Waals surface area contributed by atoms with Crippen LogP contribution in [-0.4, -0.2) is 31.8 Å². The third-order valence-corrected chi connectivity index (χ3v) is 4.51. The highest BCUT2D eigenvalue weighted by Gasteiger charge is 2.25. The monoisotopic (exact) mass is 289 g/mol. The van der Waals surface area contributed by atoms with Crippen molar-refractivity contribution >= 4 is 5.97 Å². The van der Waals surface area contributed by atoms with Crippen LogP contribution < -0.4 is 5.32 Å². The van der Waals surface area contributed by atoms with Crippen molar-refractivity contribution in [3.63, 3.8) is 0 Å². The molecule has 4 heteroatoms. The van der Waals surface area contributed by atoms with Crippen molar-refractivity contribution in [2.24, 2.45) is 0 Å². The van der Waals surface area contributed by atoms with Gasteiger partial charge in [-0.25, -0.2) is 4.79 Å². The highest BCUT2D eigenvalue weighted by atomic mass is 16.5. The molecule has 1 heterocycles. The number of ether oxygens (including phenoxy) is 2. The number of rotatable bonds is 3. The first kappa shape index (κ1) is 14.5. The Morgan fingerprint density at radius 3 is 2.95 bits per heavy atom. The van der Waals surface area contributed by atoms with Crippen LogP contribution in [0.1, 0.15) is 47.2 Å². The number of esters is 1. The van der Waals surface area contributed by atoms with Crippen molar-refractivity contribution in [2.45, 2.75) is 50.9 Å². The molecule has 1 aliphatic carbocycles. The molecule has 1 aromatic rings. The normalized spacial score (nSPS) is 25.2. The van der Waals surface area contributed by atoms with Gasteiger partial charge in [0.2, 0.25) is 0 Å². The summed E-state index contributed by atoms with van der Waals surface area (Å²) < 4.78 is 11.0. The van der Waals surface area contributed by atoms with Crippen LogP contribution in [0.5, 0.6) is 0 Å². The number of nitrogens with one attached hydrogen (secondary N) is 1. The standard InChI is InChI=1S/C17H23NO3/c1-20-15-3-2-4-16(10-15)21-17(19)13-6-5-12-7-8-18-11-14(12)9-13/h5-6,9,15-16,18H,2-4,7-8,10-11H2,1H3. The maximum absolute atomic E-state index is 12.3. The van der Waals surface area contributed by atoms with Gasteiger partial charge in [0.05, 0.1) is 11.7 Å². The minimum atomic E-state index is -0.204. The highest BCUT2D eigenvalue weighted by Crippen LogP contribution is 2.24. The van der Waals surface area contributed by atoms with Crippen molar-refractivity contribution in [3.8, 4) is 0 Å². The second-order valence-corrected chi connectivity index (χ2v) is 5.96. The van der Waals surface area contributed by atoms with Crippen molar-refractivity contribution in [2.75, 3.05) is 13.7 Å². The molecular formula is C17H23NO3. The van der Waals surface area contributed by atoms with Crippen LogP contribution in [0.3, 0.4) is 0 Å². The number of benzene rings is 1. The lowest BCUT2D eigenvalue weighted by molar-refractivity contribution is -0.0149. The Morgan fingerprint density at radius 2 is 2.10 bits per heavy atom. The molecule has 2 atom stereocenters. The van der Waals surface area contributed by atoms with Crippen LogP contribution in [0.15, 0.2) is 18.2 Å². The predicted octanol–water partition coefficient (Wildman–Crippen LogP) is 2.45. The molecule has 1 saturated carbocycles. The van der Waals surface area contributed by atoms with E-state index in [4.69, 9.17) is 9.47 Å². The average molecular weight is 289 g/mol. The minimum absolute atomic E-state index is 0.00893. The highest BCUT2D eigenvalue weighted by molar-refractivity contribution is 5.89. The summed E-state index contributed by atoms with van der Waals surface area (Å²) in [6, 6.07) is 5.93. The van der Waals surface area contributed by atoms with E-state index in [1.165, 1.54) is 11.1 Å². The van der Waals surface area contributed by atoms with Crippen LogP contribution >= 0.6 is 0 Å². The van der Waals surface area contributed by atoms with Crippen molar-refractivity contribution in [1.29, 1.82) is 0 Å². The van der Waals surface area contributed by atoms with E-state index in [2.05, 4.69) is 11.4 Å². The molecular weight excluding hydrogens is 266 g/mol. The molecule has 1 aromatic carbocycles. The van der Waals surface area contributed by atoms with Gasteiger partial charge < -0.3 is 14.8 Å². The van der Waals surface area contributed by atoms with Crippen LogP contribution in [0.25, 0.3) is 0 Å². The zero-order valence-corrected chi connectivity index (χ0v) is 12.6. The molecule has 0 saturated heterocycles. The largest absolute Gasteiger partial charge is 0.459 e. The van der Waals surface area contributed by atoms with Gasteiger partial charge in [-0.3, -0.25) is 0 Å². The Hall–Kier alpha value is -1.39. The van der Waals surface area contributed by atoms with Gasteiger partial charge in [-0.15, -0.1) is 0 Å². The van der Waals surface area contributed by atoms with Crippen molar-refractivity contribution in [3.05, 3.63) is 34.9 Å². The van der Waals surface area contributed by atoms with E-state index in [9.17, 15) is 4.79 Å². The van der Waals surface area contributed by atoms with E-state index in [1.807, 2.05) is 12.1 Å². The minimum Gasteiger partial charge on any atom is -0.459 e. The topological polar surface area (TPSA) is 47.6 Å². The van der Waals surface area contributed by atoms with Gasteiger partial charge in [-0.1, -0.05) is 6.07 Å². The first-order valence-corrected chi connectivity index (χ1v) is 7.82. The SMILES string of the molecule is COC1CCCC(OC(=O)c2ccc3c(c2)CNCC3)C1. The number of fused-ring (bicyclic) bond motifs is 1. The van der Waals surface area contributed by atoms with E-state index >= 15 is 0 Å². The summed E-state index contributed by atoms with van der Waals surface area (Å²) in [4.78, 5) is 12.3. The van der Waals surface area contributed by atoms with Gasteiger partial charge in [0, 0.05) is 20.1 Å². The lowest BCUT2D eigenvalue weighted by Crippen LogP contribution is -2.29. The third kappa shape index (κ3) is 3.44. The summed E-state index contributed by atoms with van der Waals surface area (Å²) in [5, 5.41) is 3.33. The number of hydrogen-bond donors (Lipinski definition) is 1. The molecule has 0 bridgehead atoms. The van der Waals surface area contributed by atoms with E-state index in [-0.39, 0.29) is 18.2 Å². The Kier molecular flexibility index (Phi) is 4.56. The quantitative estimate of drug-likeness (QED) is 0.868. The number of carbonyl (C=O) groups excluding carboxylic acids is 1. The maximum Gasteiger partial charge on any atom is 0.338 e. The van der Waals surface area contributed by atoms with Gasteiger partial charge in [-0.2, -0.15) is 0 Å². The fraction of sp³-hybridized carbons (Fsp3) is 0.588. The Labute approximate surface area is 125 Å². The molecule has 1 fully saturated rings. The summed E-state index contributed by atoms with van der Waals surface area (Å²) in [6.45, 7) is 1.85. The Balaban J connectivity index is 1.65. The molecule has 2 aliphatic rings. The molecule has 1 aliphatic heterocycles. The number of carbonyl (C=O) groups is 1. The molecule has 1 N–H and O–H groups in total. The summed E-state index contributed by atoms with van der Waals surface area (Å²) in [6.07, 6.45) is 5.13. The van der Waals surface area contributed by atoms with Gasteiger partial charge in [0.1, 0.15) is 6.10 Å². The first-order chi connectivity index (χ1) is 10.3. The molecule has 4 nitrogen and oxygen atoms in total. The summed E-state index contributed by atoms with van der Waals surface area (Å²) in [7, 11) is 1.73. The van der Waals surface area contributed by atoms with E-state index in [0.29, 0.717) is 5.56 Å². The number of hydrogen-bond acceptors (Lipinski definition) is 4. The molecule has 114 valence electrons. The molecule has 2 unspecified atom stereocenters. The maximum atomic E-state index is 12.3. The second kappa shape index (κ2) is 6.58. The second-order valence-electron chi connectivity index (χ2n) is 5.96. The van der Waals surface area contributed by atoms with Crippen LogP contribution in [0.4, 0.5) is 0 Å². The lowest BCUT2D eigenvalue weighted by Gasteiger charge is -2.28. The molecule has 0 radical (unpaired) electrons. The van der Waals surface area contributed by atoms with Crippen LogP contribution in [-0.2, 0) is 22.4 Å². The fourth-order valence-corrected chi connectivity index (χ4v) is 3.25. The molecule has 0 aromatic heterocycles. The van der Waals surface area contributed by atoms with E-state index < -0.39 is 0 Å². The fourth-order valence-electron chi connectivity index (χ4n) is 3.25. The Morgan fingerprint density at radius 1 is 1.24 bits per heavy atom. The molecule has 0 amide bonds. The molecule has 21 heavy (non-hydrogen) atoms. The smallest absolute Gasteiger partial charge is 0.338 e. The first-order valence-electron chi connectivity index (χ1n) is 7.82. The number of methoxy groups -OCH3 is 1.